The third-order valence-electron chi connectivity index (χ3n) is 6.39. The molecule has 0 saturated heterocycles. The molecule has 5 rings (SSSR count). The molecule has 1 fully saturated rings. The monoisotopic (exact) mass is 427 g/mol. The lowest BCUT2D eigenvalue weighted by Crippen LogP contribution is -2.22. The van der Waals surface area contributed by atoms with E-state index in [9.17, 15) is 9.00 Å². The van der Waals surface area contributed by atoms with Crippen LogP contribution in [-0.4, -0.2) is 20.7 Å². The van der Waals surface area contributed by atoms with E-state index in [2.05, 4.69) is 41.4 Å². The van der Waals surface area contributed by atoms with Gasteiger partial charge in [0.25, 0.3) is 0 Å². The number of fused-ring (bicyclic) bond motifs is 1. The van der Waals surface area contributed by atoms with Crippen LogP contribution in [0.3, 0.4) is 0 Å². The van der Waals surface area contributed by atoms with Gasteiger partial charge in [0.15, 0.2) is 0 Å². The van der Waals surface area contributed by atoms with Crippen LogP contribution in [0.2, 0.25) is 0 Å². The average Bonchev–Trinajstić information content (AvgIpc) is 3.49. The minimum Gasteiger partial charge on any atom is -0.361 e. The maximum atomic E-state index is 13.3. The number of aromatic amines is 1. The van der Waals surface area contributed by atoms with Crippen molar-refractivity contribution in [2.24, 2.45) is 0 Å². The lowest BCUT2D eigenvalue weighted by molar-refractivity contribution is -0.120. The number of rotatable bonds is 7. The molecule has 3 aromatic carbocycles. The Kier molecular flexibility index (Phi) is 5.11. The normalized spacial score (nSPS) is 15.6. The summed E-state index contributed by atoms with van der Waals surface area (Å²) in [5.74, 6) is 0.920. The third-order valence-corrected chi connectivity index (χ3v) is 7.72. The van der Waals surface area contributed by atoms with Crippen molar-refractivity contribution in [3.63, 3.8) is 0 Å². The van der Waals surface area contributed by atoms with Gasteiger partial charge in [-0.2, -0.15) is 0 Å². The number of carbonyl (C=O) groups excluding carboxylic acids is 1. The molecule has 0 amide bonds. The van der Waals surface area contributed by atoms with Crippen LogP contribution in [0.1, 0.15) is 30.9 Å². The van der Waals surface area contributed by atoms with Crippen molar-refractivity contribution < 1.29 is 9.00 Å². The summed E-state index contributed by atoms with van der Waals surface area (Å²) in [6.45, 7) is 1.92. The van der Waals surface area contributed by atoms with E-state index in [1.807, 2.05) is 49.5 Å². The summed E-state index contributed by atoms with van der Waals surface area (Å²) < 4.78 is 12.0. The Balaban J connectivity index is 1.37. The van der Waals surface area contributed by atoms with E-state index in [0.29, 0.717) is 18.0 Å². The predicted octanol–water partition coefficient (Wildman–Crippen LogP) is 5.81. The number of H-pyrrole nitrogens is 1. The fourth-order valence-corrected chi connectivity index (χ4v) is 5.16. The molecule has 156 valence electrons. The molecule has 1 aliphatic carbocycles. The zero-order valence-electron chi connectivity index (χ0n) is 17.6. The van der Waals surface area contributed by atoms with Crippen molar-refractivity contribution in [3.05, 3.63) is 90.1 Å². The second kappa shape index (κ2) is 7.93. The summed E-state index contributed by atoms with van der Waals surface area (Å²) in [7, 11) is -0.942. The van der Waals surface area contributed by atoms with Crippen LogP contribution in [0.5, 0.6) is 0 Å². The first-order valence-corrected chi connectivity index (χ1v) is 12.1. The Morgan fingerprint density at radius 1 is 0.968 bits per heavy atom. The molecule has 0 radical (unpaired) electrons. The van der Waals surface area contributed by atoms with Gasteiger partial charge >= 0.3 is 0 Å². The lowest BCUT2D eigenvalue weighted by atomic mass is 9.87. The van der Waals surface area contributed by atoms with E-state index < -0.39 is 10.8 Å². The molecule has 1 aliphatic rings. The molecule has 1 heterocycles. The first kappa shape index (κ1) is 20.0. The highest BCUT2D eigenvalue weighted by molar-refractivity contribution is 7.85. The molecule has 31 heavy (non-hydrogen) atoms. The topological polar surface area (TPSA) is 49.9 Å². The SMILES string of the molecule is CCS(=O)c1ccc(-c2cccc(CC(=O)C3(c4ccc5[nH]ccc5c4)CC3)c2)cc1. The summed E-state index contributed by atoms with van der Waals surface area (Å²) in [6.07, 6.45) is 4.24. The molecule has 0 spiro atoms. The molecule has 3 nitrogen and oxygen atoms in total. The van der Waals surface area contributed by atoms with Crippen LogP contribution in [0, 0.1) is 0 Å². The van der Waals surface area contributed by atoms with Crippen molar-refractivity contribution in [2.45, 2.75) is 36.5 Å². The van der Waals surface area contributed by atoms with Crippen LogP contribution in [0.25, 0.3) is 22.0 Å². The highest BCUT2D eigenvalue weighted by atomic mass is 32.2. The maximum absolute atomic E-state index is 13.3. The average molecular weight is 428 g/mol. The zero-order chi connectivity index (χ0) is 21.4. The van der Waals surface area contributed by atoms with E-state index in [1.54, 1.807) is 0 Å². The fourth-order valence-electron chi connectivity index (χ4n) is 4.39. The molecule has 0 bridgehead atoms. The molecular formula is C27H25NO2S. The fraction of sp³-hybridized carbons (Fsp3) is 0.222. The molecule has 0 aliphatic heterocycles. The van der Waals surface area contributed by atoms with Crippen molar-refractivity contribution in [1.29, 1.82) is 0 Å². The van der Waals surface area contributed by atoms with Gasteiger partial charge in [0.2, 0.25) is 0 Å². The number of hydrogen-bond donors (Lipinski definition) is 1. The molecule has 1 atom stereocenters. The Hall–Kier alpha value is -2.98. The summed E-state index contributed by atoms with van der Waals surface area (Å²) in [5.41, 5.74) is 5.11. The van der Waals surface area contributed by atoms with E-state index in [1.165, 1.54) is 0 Å². The smallest absolute Gasteiger partial charge is 0.147 e. The van der Waals surface area contributed by atoms with Gasteiger partial charge in [0, 0.05) is 28.8 Å². The minimum atomic E-state index is -0.942. The molecule has 1 saturated carbocycles. The van der Waals surface area contributed by atoms with E-state index >= 15 is 0 Å². The van der Waals surface area contributed by atoms with Gasteiger partial charge < -0.3 is 4.98 Å². The van der Waals surface area contributed by atoms with E-state index in [4.69, 9.17) is 0 Å². The van der Waals surface area contributed by atoms with E-state index in [-0.39, 0.29) is 5.41 Å². The van der Waals surface area contributed by atoms with E-state index in [0.717, 1.165) is 50.9 Å². The predicted molar refractivity (Wildman–Crippen MR) is 127 cm³/mol. The minimum absolute atomic E-state index is 0.299. The number of benzene rings is 3. The Morgan fingerprint density at radius 2 is 1.77 bits per heavy atom. The molecule has 1 unspecified atom stereocenters. The van der Waals surface area contributed by atoms with Gasteiger partial charge in [0.05, 0.1) is 16.2 Å². The number of Topliss-reactive ketones (excluding diaryl/α,β-unsaturated/α-hetero) is 1. The summed E-state index contributed by atoms with van der Waals surface area (Å²) in [4.78, 5) is 17.4. The lowest BCUT2D eigenvalue weighted by Gasteiger charge is -2.15. The van der Waals surface area contributed by atoms with Crippen LogP contribution >= 0.6 is 0 Å². The van der Waals surface area contributed by atoms with Gasteiger partial charge in [-0.25, -0.2) is 0 Å². The standard InChI is InChI=1S/C27H25NO2S/c1-2-31(30)24-9-6-20(7-10-24)21-5-3-4-19(16-21)17-26(29)27(13-14-27)23-8-11-25-22(18-23)12-15-28-25/h3-12,15-16,18,28H,2,13-14,17H2,1H3. The van der Waals surface area contributed by atoms with Crippen LogP contribution in [0.4, 0.5) is 0 Å². The Morgan fingerprint density at radius 3 is 2.52 bits per heavy atom. The molecule has 4 aromatic rings. The third kappa shape index (κ3) is 3.77. The second-order valence-electron chi connectivity index (χ2n) is 8.32. The summed E-state index contributed by atoms with van der Waals surface area (Å²) in [5, 5.41) is 1.16. The first-order chi connectivity index (χ1) is 15.1. The zero-order valence-corrected chi connectivity index (χ0v) is 18.4. The van der Waals surface area contributed by atoms with Gasteiger partial charge in [-0.05, 0) is 70.8 Å². The Bertz CT molecular complexity index is 1280. The summed E-state index contributed by atoms with van der Waals surface area (Å²) >= 11 is 0. The molecule has 1 N–H and O–H groups in total. The second-order valence-corrected chi connectivity index (χ2v) is 10.1. The molecule has 1 aromatic heterocycles. The maximum Gasteiger partial charge on any atom is 0.147 e. The molecular weight excluding hydrogens is 402 g/mol. The number of carbonyl (C=O) groups is 1. The number of ketones is 1. The van der Waals surface area contributed by atoms with Crippen molar-refractivity contribution in [1.82, 2.24) is 4.98 Å². The van der Waals surface area contributed by atoms with Crippen LogP contribution in [-0.2, 0) is 27.4 Å². The number of hydrogen-bond acceptors (Lipinski definition) is 2. The first-order valence-electron chi connectivity index (χ1n) is 10.8. The number of aromatic nitrogens is 1. The van der Waals surface area contributed by atoms with Gasteiger partial charge in [0.1, 0.15) is 5.78 Å². The number of nitrogens with one attached hydrogen (secondary N) is 1. The summed E-state index contributed by atoms with van der Waals surface area (Å²) in [6, 6.07) is 24.5. The highest BCUT2D eigenvalue weighted by Crippen LogP contribution is 2.50. The van der Waals surface area contributed by atoms with Crippen molar-refractivity contribution in [3.8, 4) is 11.1 Å². The van der Waals surface area contributed by atoms with Crippen LogP contribution < -0.4 is 0 Å². The molecule has 4 heteroatoms. The van der Waals surface area contributed by atoms with Gasteiger partial charge in [-0.15, -0.1) is 0 Å². The quantitative estimate of drug-likeness (QED) is 0.405. The largest absolute Gasteiger partial charge is 0.361 e. The van der Waals surface area contributed by atoms with Gasteiger partial charge in [-0.3, -0.25) is 9.00 Å². The van der Waals surface area contributed by atoms with Crippen molar-refractivity contribution >= 4 is 27.5 Å². The van der Waals surface area contributed by atoms with Crippen molar-refractivity contribution in [2.75, 3.05) is 5.75 Å². The highest BCUT2D eigenvalue weighted by Gasteiger charge is 2.50. The van der Waals surface area contributed by atoms with Crippen LogP contribution in [0.15, 0.2) is 83.9 Å². The Labute approximate surface area is 185 Å². The van der Waals surface area contributed by atoms with Gasteiger partial charge in [-0.1, -0.05) is 49.4 Å².